The summed E-state index contributed by atoms with van der Waals surface area (Å²) < 4.78 is 10.3. The molecule has 0 aromatic heterocycles. The maximum atomic E-state index is 10.3. The molecule has 5 heteroatoms. The summed E-state index contributed by atoms with van der Waals surface area (Å²) in [5, 5.41) is 22.0. The zero-order valence-electron chi connectivity index (χ0n) is 12.5. The molecule has 0 fully saturated rings. The Kier molecular flexibility index (Phi) is 7.54. The van der Waals surface area contributed by atoms with Gasteiger partial charge in [0.25, 0.3) is 0 Å². The van der Waals surface area contributed by atoms with Gasteiger partial charge in [-0.05, 0) is 42.7 Å². The van der Waals surface area contributed by atoms with Gasteiger partial charge < -0.3 is 25.0 Å². The topological polar surface area (TPSA) is 71.0 Å². The highest BCUT2D eigenvalue weighted by atomic mass is 16.5. The Labute approximate surface area is 120 Å². The van der Waals surface area contributed by atoms with Crippen molar-refractivity contribution in [2.24, 2.45) is 0 Å². The molecular weight excluding hydrogens is 258 g/mol. The molecule has 20 heavy (non-hydrogen) atoms. The zero-order chi connectivity index (χ0) is 15.0. The third-order valence-corrected chi connectivity index (χ3v) is 3.13. The van der Waals surface area contributed by atoms with E-state index in [0.29, 0.717) is 26.3 Å². The van der Waals surface area contributed by atoms with Crippen LogP contribution in [0, 0.1) is 13.8 Å². The van der Waals surface area contributed by atoms with Crippen LogP contribution < -0.4 is 10.1 Å². The molecule has 0 heterocycles. The van der Waals surface area contributed by atoms with E-state index >= 15 is 0 Å². The number of aliphatic hydroxyl groups is 2. The van der Waals surface area contributed by atoms with Gasteiger partial charge in [0, 0.05) is 13.1 Å². The third kappa shape index (κ3) is 5.09. The maximum absolute atomic E-state index is 10.3. The maximum Gasteiger partial charge on any atom is 0.119 e. The first-order chi connectivity index (χ1) is 9.60. The molecule has 0 saturated carbocycles. The minimum atomic E-state index is -0.557. The number of aryl methyl sites for hydroxylation is 2. The highest BCUT2D eigenvalue weighted by Crippen LogP contribution is 2.26. The third-order valence-electron chi connectivity index (χ3n) is 3.13. The van der Waals surface area contributed by atoms with Crippen molar-refractivity contribution in [3.63, 3.8) is 0 Å². The van der Waals surface area contributed by atoms with Crippen molar-refractivity contribution in [2.45, 2.75) is 20.0 Å². The summed E-state index contributed by atoms with van der Waals surface area (Å²) in [6.45, 7) is 5.96. The van der Waals surface area contributed by atoms with Gasteiger partial charge in [-0.1, -0.05) is 0 Å². The van der Waals surface area contributed by atoms with Gasteiger partial charge in [-0.15, -0.1) is 0 Å². The van der Waals surface area contributed by atoms with Gasteiger partial charge in [0.1, 0.15) is 5.75 Å². The number of nitrogens with one attached hydrogen (secondary N) is 1. The Morgan fingerprint density at radius 3 is 2.40 bits per heavy atom. The fourth-order valence-electron chi connectivity index (χ4n) is 2.23. The molecule has 1 aromatic carbocycles. The molecule has 0 spiro atoms. The Bertz CT molecular complexity index is 386. The molecule has 5 nitrogen and oxygen atoms in total. The van der Waals surface area contributed by atoms with E-state index in [9.17, 15) is 5.11 Å². The van der Waals surface area contributed by atoms with Crippen molar-refractivity contribution in [3.05, 3.63) is 28.8 Å². The number of rotatable bonds is 9. The van der Waals surface area contributed by atoms with Gasteiger partial charge in [0.2, 0.25) is 0 Å². The zero-order valence-corrected chi connectivity index (χ0v) is 12.5. The molecule has 114 valence electrons. The molecule has 1 rings (SSSR count). The van der Waals surface area contributed by atoms with E-state index in [4.69, 9.17) is 14.6 Å². The SMILES string of the molecule is COc1cc(C)c(C(O)CNCCOCCO)c(C)c1. The van der Waals surface area contributed by atoms with Crippen LogP contribution in [0.15, 0.2) is 12.1 Å². The van der Waals surface area contributed by atoms with Crippen LogP contribution in [0.4, 0.5) is 0 Å². The Hall–Kier alpha value is -1.14. The molecule has 0 bridgehead atoms. The molecule has 0 amide bonds. The molecule has 0 aliphatic rings. The summed E-state index contributed by atoms with van der Waals surface area (Å²) in [4.78, 5) is 0. The van der Waals surface area contributed by atoms with E-state index in [1.807, 2.05) is 26.0 Å². The molecule has 0 aliphatic heterocycles. The van der Waals surface area contributed by atoms with E-state index in [2.05, 4.69) is 5.32 Å². The average molecular weight is 283 g/mol. The minimum Gasteiger partial charge on any atom is -0.497 e. The first-order valence-corrected chi connectivity index (χ1v) is 6.82. The van der Waals surface area contributed by atoms with Gasteiger partial charge >= 0.3 is 0 Å². The first kappa shape index (κ1) is 16.9. The first-order valence-electron chi connectivity index (χ1n) is 6.82. The lowest BCUT2D eigenvalue weighted by molar-refractivity contribution is 0.0909. The van der Waals surface area contributed by atoms with Gasteiger partial charge in [-0.2, -0.15) is 0 Å². The van der Waals surface area contributed by atoms with Crippen LogP contribution in [0.3, 0.4) is 0 Å². The number of benzene rings is 1. The molecule has 0 saturated heterocycles. The molecular formula is C15H25NO4. The second kappa shape index (κ2) is 8.92. The number of hydrogen-bond donors (Lipinski definition) is 3. The number of aliphatic hydroxyl groups excluding tert-OH is 2. The van der Waals surface area contributed by atoms with Crippen LogP contribution in [0.2, 0.25) is 0 Å². The Balaban J connectivity index is 2.49. The van der Waals surface area contributed by atoms with Gasteiger partial charge in [-0.25, -0.2) is 0 Å². The lowest BCUT2D eigenvalue weighted by Crippen LogP contribution is -2.26. The predicted molar refractivity (Wildman–Crippen MR) is 78.2 cm³/mol. The molecule has 0 aliphatic carbocycles. The summed E-state index contributed by atoms with van der Waals surface area (Å²) >= 11 is 0. The fourth-order valence-corrected chi connectivity index (χ4v) is 2.23. The van der Waals surface area contributed by atoms with Gasteiger partial charge in [0.15, 0.2) is 0 Å². The van der Waals surface area contributed by atoms with Crippen molar-refractivity contribution in [2.75, 3.05) is 40.0 Å². The number of hydrogen-bond acceptors (Lipinski definition) is 5. The molecule has 1 aromatic rings. The normalized spacial score (nSPS) is 12.4. The summed E-state index contributed by atoms with van der Waals surface area (Å²) in [6, 6.07) is 3.85. The van der Waals surface area contributed by atoms with Crippen molar-refractivity contribution in [1.82, 2.24) is 5.32 Å². The fraction of sp³-hybridized carbons (Fsp3) is 0.600. The summed E-state index contributed by atoms with van der Waals surface area (Å²) in [5.74, 6) is 0.807. The van der Waals surface area contributed by atoms with E-state index in [1.165, 1.54) is 0 Å². The lowest BCUT2D eigenvalue weighted by Gasteiger charge is -2.18. The highest BCUT2D eigenvalue weighted by Gasteiger charge is 2.14. The van der Waals surface area contributed by atoms with Crippen molar-refractivity contribution in [3.8, 4) is 5.75 Å². The van der Waals surface area contributed by atoms with Gasteiger partial charge in [0.05, 0.1) is 33.0 Å². The molecule has 0 radical (unpaired) electrons. The summed E-state index contributed by atoms with van der Waals surface area (Å²) in [6.07, 6.45) is -0.557. The predicted octanol–water partition coefficient (Wildman–Crippen LogP) is 0.944. The highest BCUT2D eigenvalue weighted by molar-refractivity contribution is 5.42. The van der Waals surface area contributed by atoms with E-state index in [-0.39, 0.29) is 6.61 Å². The monoisotopic (exact) mass is 283 g/mol. The van der Waals surface area contributed by atoms with E-state index in [0.717, 1.165) is 22.4 Å². The standard InChI is InChI=1S/C15H25NO4/c1-11-8-13(19-3)9-12(2)15(11)14(18)10-16-4-6-20-7-5-17/h8-9,14,16-18H,4-7,10H2,1-3H3. The van der Waals surface area contributed by atoms with Crippen LogP contribution in [-0.2, 0) is 4.74 Å². The van der Waals surface area contributed by atoms with Crippen LogP contribution in [0.5, 0.6) is 5.75 Å². The molecule has 1 atom stereocenters. The summed E-state index contributed by atoms with van der Waals surface area (Å²) in [5.41, 5.74) is 2.98. The van der Waals surface area contributed by atoms with Crippen molar-refractivity contribution < 1.29 is 19.7 Å². The lowest BCUT2D eigenvalue weighted by atomic mass is 9.97. The van der Waals surface area contributed by atoms with Crippen LogP contribution in [0.25, 0.3) is 0 Å². The smallest absolute Gasteiger partial charge is 0.119 e. The Morgan fingerprint density at radius 1 is 1.20 bits per heavy atom. The van der Waals surface area contributed by atoms with E-state index in [1.54, 1.807) is 7.11 Å². The van der Waals surface area contributed by atoms with Crippen molar-refractivity contribution in [1.29, 1.82) is 0 Å². The average Bonchev–Trinajstić information content (AvgIpc) is 2.41. The minimum absolute atomic E-state index is 0.0346. The largest absolute Gasteiger partial charge is 0.497 e. The number of ether oxygens (including phenoxy) is 2. The summed E-state index contributed by atoms with van der Waals surface area (Å²) in [7, 11) is 1.64. The molecule has 3 N–H and O–H groups in total. The second-order valence-electron chi connectivity index (χ2n) is 4.73. The second-order valence-corrected chi connectivity index (χ2v) is 4.73. The molecule has 1 unspecified atom stereocenters. The van der Waals surface area contributed by atoms with Gasteiger partial charge in [-0.3, -0.25) is 0 Å². The number of methoxy groups -OCH3 is 1. The van der Waals surface area contributed by atoms with Crippen molar-refractivity contribution >= 4 is 0 Å². The quantitative estimate of drug-likeness (QED) is 0.589. The van der Waals surface area contributed by atoms with E-state index < -0.39 is 6.10 Å². The Morgan fingerprint density at radius 2 is 1.85 bits per heavy atom. The van der Waals surface area contributed by atoms with Crippen LogP contribution >= 0.6 is 0 Å². The van der Waals surface area contributed by atoms with Crippen LogP contribution in [0.1, 0.15) is 22.8 Å². The van der Waals surface area contributed by atoms with Crippen LogP contribution in [-0.4, -0.2) is 50.2 Å².